The van der Waals surface area contributed by atoms with E-state index in [0.29, 0.717) is 18.9 Å². The van der Waals surface area contributed by atoms with Crippen LogP contribution in [0.3, 0.4) is 0 Å². The average molecular weight is 233 g/mol. The summed E-state index contributed by atoms with van der Waals surface area (Å²) in [5.74, 6) is 0.483. The highest BCUT2D eigenvalue weighted by Crippen LogP contribution is 1.99. The molecule has 2 aromatic heterocycles. The summed E-state index contributed by atoms with van der Waals surface area (Å²) in [7, 11) is 0. The summed E-state index contributed by atoms with van der Waals surface area (Å²) >= 11 is 0. The Morgan fingerprint density at radius 3 is 2.71 bits per heavy atom. The summed E-state index contributed by atoms with van der Waals surface area (Å²) in [6.45, 7) is 4.85. The largest absolute Gasteiger partial charge is 0.382 e. The Morgan fingerprint density at radius 1 is 1.35 bits per heavy atom. The standard InChI is InChI=1S/C11H15N5O/c1-8-7-9(2)16(11(17)13-8)6-5-15-4-3-10(12)14-15/h3-4,7H,5-6H2,1-2H3,(H2,12,14). The Bertz CT molecular complexity index is 584. The molecule has 2 heterocycles. The van der Waals surface area contributed by atoms with Gasteiger partial charge in [-0.25, -0.2) is 4.79 Å². The van der Waals surface area contributed by atoms with Crippen LogP contribution in [0.1, 0.15) is 11.4 Å². The fraction of sp³-hybridized carbons (Fsp3) is 0.364. The molecule has 0 amide bonds. The first kappa shape index (κ1) is 11.4. The molecule has 0 aromatic carbocycles. The highest BCUT2D eigenvalue weighted by atomic mass is 16.1. The van der Waals surface area contributed by atoms with Gasteiger partial charge in [0.1, 0.15) is 5.82 Å². The lowest BCUT2D eigenvalue weighted by atomic mass is 10.3. The van der Waals surface area contributed by atoms with Crippen LogP contribution in [-0.2, 0) is 13.1 Å². The van der Waals surface area contributed by atoms with Crippen LogP contribution in [-0.4, -0.2) is 19.3 Å². The summed E-state index contributed by atoms with van der Waals surface area (Å²) in [5, 5.41) is 4.06. The van der Waals surface area contributed by atoms with Crippen LogP contribution in [0.15, 0.2) is 23.1 Å². The lowest BCUT2D eigenvalue weighted by Gasteiger charge is -2.09. The van der Waals surface area contributed by atoms with E-state index < -0.39 is 0 Å². The molecule has 0 saturated heterocycles. The highest BCUT2D eigenvalue weighted by molar-refractivity contribution is 5.23. The molecular formula is C11H15N5O. The van der Waals surface area contributed by atoms with Gasteiger partial charge in [0.05, 0.1) is 6.54 Å². The van der Waals surface area contributed by atoms with Crippen LogP contribution < -0.4 is 11.4 Å². The first-order valence-electron chi connectivity index (χ1n) is 5.40. The van der Waals surface area contributed by atoms with Gasteiger partial charge >= 0.3 is 5.69 Å². The van der Waals surface area contributed by atoms with E-state index in [9.17, 15) is 4.79 Å². The molecule has 0 fully saturated rings. The van der Waals surface area contributed by atoms with Crippen molar-refractivity contribution in [2.75, 3.05) is 5.73 Å². The number of anilines is 1. The summed E-state index contributed by atoms with van der Waals surface area (Å²) in [6, 6.07) is 3.61. The van der Waals surface area contributed by atoms with E-state index in [1.165, 1.54) is 0 Å². The van der Waals surface area contributed by atoms with E-state index in [1.807, 2.05) is 19.9 Å². The van der Waals surface area contributed by atoms with Crippen molar-refractivity contribution in [2.45, 2.75) is 26.9 Å². The van der Waals surface area contributed by atoms with Gasteiger partial charge in [0.15, 0.2) is 0 Å². The van der Waals surface area contributed by atoms with Crippen LogP contribution >= 0.6 is 0 Å². The van der Waals surface area contributed by atoms with Gasteiger partial charge < -0.3 is 5.73 Å². The summed E-state index contributed by atoms with van der Waals surface area (Å²) in [4.78, 5) is 15.6. The summed E-state index contributed by atoms with van der Waals surface area (Å²) in [5.41, 5.74) is 6.94. The van der Waals surface area contributed by atoms with Crippen LogP contribution in [0.4, 0.5) is 5.82 Å². The van der Waals surface area contributed by atoms with Crippen molar-refractivity contribution in [1.82, 2.24) is 19.3 Å². The molecule has 0 unspecified atom stereocenters. The third kappa shape index (κ3) is 2.52. The predicted octanol–water partition coefficient (Wildman–Crippen LogP) is 0.339. The van der Waals surface area contributed by atoms with E-state index in [0.717, 1.165) is 11.4 Å². The van der Waals surface area contributed by atoms with Crippen molar-refractivity contribution in [2.24, 2.45) is 0 Å². The molecule has 0 spiro atoms. The zero-order valence-electron chi connectivity index (χ0n) is 9.92. The van der Waals surface area contributed by atoms with Gasteiger partial charge in [-0.15, -0.1) is 0 Å². The Labute approximate surface area is 98.7 Å². The lowest BCUT2D eigenvalue weighted by Crippen LogP contribution is -2.27. The minimum Gasteiger partial charge on any atom is -0.382 e. The average Bonchev–Trinajstić information content (AvgIpc) is 2.62. The number of rotatable bonds is 3. The second kappa shape index (κ2) is 4.40. The van der Waals surface area contributed by atoms with Gasteiger partial charge in [0.25, 0.3) is 0 Å². The Morgan fingerprint density at radius 2 is 2.12 bits per heavy atom. The van der Waals surface area contributed by atoms with E-state index in [1.54, 1.807) is 21.5 Å². The Kier molecular flexibility index (Phi) is 2.95. The van der Waals surface area contributed by atoms with Crippen LogP contribution in [0, 0.1) is 13.8 Å². The third-order valence-corrected chi connectivity index (χ3v) is 2.56. The maximum absolute atomic E-state index is 11.7. The quantitative estimate of drug-likeness (QED) is 0.829. The van der Waals surface area contributed by atoms with Crippen molar-refractivity contribution < 1.29 is 0 Å². The van der Waals surface area contributed by atoms with Crippen LogP contribution in [0.25, 0.3) is 0 Å². The molecule has 0 aliphatic heterocycles. The minimum atomic E-state index is -0.220. The summed E-state index contributed by atoms with van der Waals surface area (Å²) < 4.78 is 3.34. The monoisotopic (exact) mass is 233 g/mol. The number of hydrogen-bond donors (Lipinski definition) is 1. The first-order chi connectivity index (χ1) is 8.06. The minimum absolute atomic E-state index is 0.220. The van der Waals surface area contributed by atoms with Gasteiger partial charge in [0.2, 0.25) is 0 Å². The van der Waals surface area contributed by atoms with E-state index in [-0.39, 0.29) is 5.69 Å². The van der Waals surface area contributed by atoms with Crippen molar-refractivity contribution in [3.63, 3.8) is 0 Å². The number of aryl methyl sites for hydroxylation is 3. The Balaban J connectivity index is 2.17. The van der Waals surface area contributed by atoms with Crippen molar-refractivity contribution in [3.8, 4) is 0 Å². The predicted molar refractivity (Wildman–Crippen MR) is 64.6 cm³/mol. The van der Waals surface area contributed by atoms with Crippen molar-refractivity contribution in [1.29, 1.82) is 0 Å². The molecule has 0 saturated carbocycles. The smallest absolute Gasteiger partial charge is 0.348 e. The fourth-order valence-corrected chi connectivity index (χ4v) is 1.75. The van der Waals surface area contributed by atoms with Crippen molar-refractivity contribution >= 4 is 5.82 Å². The third-order valence-electron chi connectivity index (χ3n) is 2.56. The van der Waals surface area contributed by atoms with E-state index in [2.05, 4.69) is 10.1 Å². The maximum atomic E-state index is 11.7. The second-order valence-corrected chi connectivity index (χ2v) is 3.98. The highest BCUT2D eigenvalue weighted by Gasteiger charge is 2.03. The zero-order valence-corrected chi connectivity index (χ0v) is 9.92. The number of hydrogen-bond acceptors (Lipinski definition) is 4. The van der Waals surface area contributed by atoms with E-state index in [4.69, 9.17) is 5.73 Å². The summed E-state index contributed by atoms with van der Waals surface area (Å²) in [6.07, 6.45) is 1.79. The van der Waals surface area contributed by atoms with Crippen LogP contribution in [0.5, 0.6) is 0 Å². The molecule has 0 atom stereocenters. The number of nitrogen functional groups attached to an aromatic ring is 1. The first-order valence-corrected chi connectivity index (χ1v) is 5.40. The molecule has 2 aromatic rings. The molecule has 2 N–H and O–H groups in total. The second-order valence-electron chi connectivity index (χ2n) is 3.98. The molecule has 0 aliphatic rings. The normalized spacial score (nSPS) is 10.7. The van der Waals surface area contributed by atoms with E-state index >= 15 is 0 Å². The van der Waals surface area contributed by atoms with Gasteiger partial charge in [-0.3, -0.25) is 9.25 Å². The zero-order chi connectivity index (χ0) is 12.4. The molecule has 90 valence electrons. The maximum Gasteiger partial charge on any atom is 0.348 e. The molecular weight excluding hydrogens is 218 g/mol. The van der Waals surface area contributed by atoms with Gasteiger partial charge in [-0.05, 0) is 26.0 Å². The van der Waals surface area contributed by atoms with Gasteiger partial charge in [-0.2, -0.15) is 10.1 Å². The fourth-order valence-electron chi connectivity index (χ4n) is 1.75. The SMILES string of the molecule is Cc1cc(C)n(CCn2ccc(N)n2)c(=O)n1. The van der Waals surface area contributed by atoms with Gasteiger partial charge in [-0.1, -0.05) is 0 Å². The molecule has 6 nitrogen and oxygen atoms in total. The molecule has 2 rings (SSSR count). The molecule has 0 aliphatic carbocycles. The van der Waals surface area contributed by atoms with Gasteiger partial charge in [0, 0.05) is 24.1 Å². The molecule has 0 radical (unpaired) electrons. The molecule has 0 bridgehead atoms. The molecule has 6 heteroatoms. The topological polar surface area (TPSA) is 78.7 Å². The number of nitrogens with zero attached hydrogens (tertiary/aromatic N) is 4. The number of aromatic nitrogens is 4. The lowest BCUT2D eigenvalue weighted by molar-refractivity contribution is 0.509. The van der Waals surface area contributed by atoms with Crippen molar-refractivity contribution in [3.05, 3.63) is 40.2 Å². The van der Waals surface area contributed by atoms with Crippen LogP contribution in [0.2, 0.25) is 0 Å². The Hall–Kier alpha value is -2.11. The molecule has 17 heavy (non-hydrogen) atoms. The number of nitrogens with two attached hydrogens (primary N) is 1.